The summed E-state index contributed by atoms with van der Waals surface area (Å²) in [5, 5.41) is 4.18. The number of nitrogens with zero attached hydrogens (tertiary/aromatic N) is 2. The molecule has 1 aliphatic rings. The van der Waals surface area contributed by atoms with Crippen LogP contribution < -0.4 is 0 Å². The molecule has 1 saturated heterocycles. The van der Waals surface area contributed by atoms with Gasteiger partial charge in [0.25, 0.3) is 0 Å². The molecule has 2 nitrogen and oxygen atoms in total. The van der Waals surface area contributed by atoms with Crippen molar-refractivity contribution in [3.63, 3.8) is 0 Å². The first-order valence-electron chi connectivity index (χ1n) is 6.14. The average molecular weight is 252 g/mol. The number of hydrazine groups is 1. The first-order chi connectivity index (χ1) is 8.60. The van der Waals surface area contributed by atoms with Crippen LogP contribution in [0, 0.1) is 17.6 Å². The molecule has 0 aromatic heterocycles. The van der Waals surface area contributed by atoms with Gasteiger partial charge in [0.15, 0.2) is 11.6 Å². The summed E-state index contributed by atoms with van der Waals surface area (Å²) in [6.45, 7) is 5.64. The molecular formula is C14H18F2N2. The van der Waals surface area contributed by atoms with Crippen LogP contribution in [-0.2, 0) is 6.42 Å². The SMILES string of the molecule is C=CN(C)N1CCC(Cc2ccc(F)c(F)c2)C1. The van der Waals surface area contributed by atoms with Crippen molar-refractivity contribution in [1.82, 2.24) is 10.0 Å². The van der Waals surface area contributed by atoms with Crippen molar-refractivity contribution in [2.75, 3.05) is 20.1 Å². The molecule has 0 spiro atoms. The fraction of sp³-hybridized carbons (Fsp3) is 0.429. The summed E-state index contributed by atoms with van der Waals surface area (Å²) in [5.41, 5.74) is 0.863. The molecule has 0 amide bonds. The van der Waals surface area contributed by atoms with Crippen molar-refractivity contribution in [2.24, 2.45) is 5.92 Å². The Balaban J connectivity index is 1.95. The summed E-state index contributed by atoms with van der Waals surface area (Å²) in [5.74, 6) is -1.05. The van der Waals surface area contributed by atoms with E-state index < -0.39 is 11.6 Å². The van der Waals surface area contributed by atoms with E-state index in [0.29, 0.717) is 5.92 Å². The van der Waals surface area contributed by atoms with Crippen LogP contribution in [0.25, 0.3) is 0 Å². The minimum Gasteiger partial charge on any atom is -0.317 e. The molecule has 0 bridgehead atoms. The summed E-state index contributed by atoms with van der Waals surface area (Å²) in [4.78, 5) is 0. The second-order valence-electron chi connectivity index (χ2n) is 4.78. The molecule has 4 heteroatoms. The number of halogens is 2. The second kappa shape index (κ2) is 5.48. The van der Waals surface area contributed by atoms with Crippen LogP contribution in [0.15, 0.2) is 31.0 Å². The van der Waals surface area contributed by atoms with E-state index in [4.69, 9.17) is 0 Å². The van der Waals surface area contributed by atoms with Gasteiger partial charge in [0, 0.05) is 26.3 Å². The molecule has 1 fully saturated rings. The van der Waals surface area contributed by atoms with Crippen molar-refractivity contribution >= 4 is 0 Å². The highest BCUT2D eigenvalue weighted by Crippen LogP contribution is 2.22. The van der Waals surface area contributed by atoms with E-state index >= 15 is 0 Å². The molecule has 1 heterocycles. The van der Waals surface area contributed by atoms with Crippen molar-refractivity contribution in [3.05, 3.63) is 48.2 Å². The highest BCUT2D eigenvalue weighted by molar-refractivity contribution is 5.18. The molecular weight excluding hydrogens is 234 g/mol. The molecule has 18 heavy (non-hydrogen) atoms. The van der Waals surface area contributed by atoms with Gasteiger partial charge in [0.1, 0.15) is 0 Å². The summed E-state index contributed by atoms with van der Waals surface area (Å²) < 4.78 is 25.9. The lowest BCUT2D eigenvalue weighted by Crippen LogP contribution is -2.33. The van der Waals surface area contributed by atoms with Crippen LogP contribution in [0.1, 0.15) is 12.0 Å². The van der Waals surface area contributed by atoms with Gasteiger partial charge in [0.2, 0.25) is 0 Å². The van der Waals surface area contributed by atoms with Crippen molar-refractivity contribution in [1.29, 1.82) is 0 Å². The molecule has 0 saturated carbocycles. The second-order valence-corrected chi connectivity index (χ2v) is 4.78. The zero-order valence-corrected chi connectivity index (χ0v) is 10.6. The molecule has 98 valence electrons. The van der Waals surface area contributed by atoms with Gasteiger partial charge in [-0.3, -0.25) is 0 Å². The molecule has 2 rings (SSSR count). The molecule has 1 aliphatic heterocycles. The minimum absolute atomic E-state index is 0.484. The van der Waals surface area contributed by atoms with Gasteiger partial charge in [-0.2, -0.15) is 0 Å². The fourth-order valence-electron chi connectivity index (χ4n) is 2.38. The largest absolute Gasteiger partial charge is 0.317 e. The number of benzene rings is 1. The normalized spacial score (nSPS) is 20.1. The Morgan fingerprint density at radius 1 is 1.44 bits per heavy atom. The number of hydrogen-bond donors (Lipinski definition) is 0. The third kappa shape index (κ3) is 2.88. The van der Waals surface area contributed by atoms with E-state index in [0.717, 1.165) is 31.5 Å². The lowest BCUT2D eigenvalue weighted by atomic mass is 9.99. The van der Waals surface area contributed by atoms with E-state index in [1.165, 1.54) is 12.1 Å². The van der Waals surface area contributed by atoms with Gasteiger partial charge in [-0.15, -0.1) is 0 Å². The summed E-state index contributed by atoms with van der Waals surface area (Å²) in [6.07, 6.45) is 3.63. The molecule has 0 N–H and O–H groups in total. The molecule has 1 aromatic rings. The van der Waals surface area contributed by atoms with E-state index in [1.54, 1.807) is 12.3 Å². The van der Waals surface area contributed by atoms with Crippen LogP contribution in [0.2, 0.25) is 0 Å². The minimum atomic E-state index is -0.779. The van der Waals surface area contributed by atoms with Gasteiger partial charge in [-0.05, 0) is 36.5 Å². The maximum absolute atomic E-state index is 13.1. The Hall–Kier alpha value is -1.42. The van der Waals surface area contributed by atoms with E-state index in [9.17, 15) is 8.78 Å². The quantitative estimate of drug-likeness (QED) is 0.813. The number of hydrogen-bond acceptors (Lipinski definition) is 2. The van der Waals surface area contributed by atoms with E-state index in [1.807, 2.05) is 12.1 Å². The molecule has 1 atom stereocenters. The predicted octanol–water partition coefficient (Wildman–Crippen LogP) is 2.82. The predicted molar refractivity (Wildman–Crippen MR) is 67.7 cm³/mol. The summed E-state index contributed by atoms with van der Waals surface area (Å²) >= 11 is 0. The van der Waals surface area contributed by atoms with Crippen LogP contribution in [0.4, 0.5) is 8.78 Å². The van der Waals surface area contributed by atoms with Crippen LogP contribution in [0.3, 0.4) is 0 Å². The smallest absolute Gasteiger partial charge is 0.159 e. The van der Waals surface area contributed by atoms with E-state index in [-0.39, 0.29) is 0 Å². The first kappa shape index (κ1) is 13.0. The Morgan fingerprint density at radius 2 is 2.22 bits per heavy atom. The molecule has 0 radical (unpaired) electrons. The topological polar surface area (TPSA) is 6.48 Å². The van der Waals surface area contributed by atoms with Gasteiger partial charge in [0.05, 0.1) is 0 Å². The van der Waals surface area contributed by atoms with Crippen molar-refractivity contribution in [3.8, 4) is 0 Å². The first-order valence-corrected chi connectivity index (χ1v) is 6.14. The maximum atomic E-state index is 13.1. The summed E-state index contributed by atoms with van der Waals surface area (Å²) in [7, 11) is 1.97. The summed E-state index contributed by atoms with van der Waals surface area (Å²) in [6, 6.07) is 4.17. The number of rotatable bonds is 4. The molecule has 1 unspecified atom stereocenters. The highest BCUT2D eigenvalue weighted by atomic mass is 19.2. The Bertz CT molecular complexity index is 434. The van der Waals surface area contributed by atoms with Crippen LogP contribution in [0.5, 0.6) is 0 Å². The zero-order valence-electron chi connectivity index (χ0n) is 10.6. The van der Waals surface area contributed by atoms with Crippen molar-refractivity contribution in [2.45, 2.75) is 12.8 Å². The molecule has 0 aliphatic carbocycles. The van der Waals surface area contributed by atoms with Crippen LogP contribution in [-0.4, -0.2) is 30.2 Å². The van der Waals surface area contributed by atoms with Gasteiger partial charge in [-0.1, -0.05) is 12.6 Å². The molecule has 1 aromatic carbocycles. The fourth-order valence-corrected chi connectivity index (χ4v) is 2.38. The highest BCUT2D eigenvalue weighted by Gasteiger charge is 2.24. The maximum Gasteiger partial charge on any atom is 0.159 e. The third-order valence-electron chi connectivity index (χ3n) is 3.48. The van der Waals surface area contributed by atoms with E-state index in [2.05, 4.69) is 11.6 Å². The Labute approximate surface area is 106 Å². The van der Waals surface area contributed by atoms with Crippen molar-refractivity contribution < 1.29 is 8.78 Å². The monoisotopic (exact) mass is 252 g/mol. The average Bonchev–Trinajstić information content (AvgIpc) is 2.81. The Morgan fingerprint density at radius 3 is 2.89 bits per heavy atom. The van der Waals surface area contributed by atoms with Crippen LogP contribution >= 0.6 is 0 Å². The lowest BCUT2D eigenvalue weighted by Gasteiger charge is -2.26. The Kier molecular flexibility index (Phi) is 3.97. The van der Waals surface area contributed by atoms with Gasteiger partial charge < -0.3 is 5.01 Å². The zero-order chi connectivity index (χ0) is 13.1. The standard InChI is InChI=1S/C14H18F2N2/c1-3-17(2)18-7-6-12(10-18)8-11-4-5-13(15)14(16)9-11/h3-5,9,12H,1,6-8,10H2,2H3. The lowest BCUT2D eigenvalue weighted by molar-refractivity contribution is 0.0732. The van der Waals surface area contributed by atoms with Gasteiger partial charge in [-0.25, -0.2) is 13.8 Å². The third-order valence-corrected chi connectivity index (χ3v) is 3.48. The van der Waals surface area contributed by atoms with Gasteiger partial charge >= 0.3 is 0 Å².